The summed E-state index contributed by atoms with van der Waals surface area (Å²) in [5.41, 5.74) is 0.988. The van der Waals surface area contributed by atoms with Crippen molar-refractivity contribution in [2.24, 2.45) is 0 Å². The molecule has 2 aliphatic heterocycles. The number of nitrogens with zero attached hydrogens (tertiary/aromatic N) is 1. The number of ether oxygens (including phenoxy) is 5. The van der Waals surface area contributed by atoms with Gasteiger partial charge >= 0.3 is 12.0 Å². The minimum Gasteiger partial charge on any atom is -0.491 e. The number of nitrogens with one attached hydrogen (secondary N) is 2. The van der Waals surface area contributed by atoms with Crippen molar-refractivity contribution >= 4 is 36.8 Å². The Morgan fingerprint density at radius 3 is 2.53 bits per heavy atom. The molecule has 3 rings (SSSR count). The van der Waals surface area contributed by atoms with E-state index in [2.05, 4.69) is 10.6 Å². The van der Waals surface area contributed by atoms with Gasteiger partial charge in [0.25, 0.3) is 0 Å². The average molecular weight is 583 g/mol. The van der Waals surface area contributed by atoms with Crippen LogP contribution in [0.2, 0.25) is 0 Å². The van der Waals surface area contributed by atoms with Crippen molar-refractivity contribution in [3.63, 3.8) is 0 Å². The Labute approximate surface area is 236 Å². The molecule has 0 unspecified atom stereocenters. The van der Waals surface area contributed by atoms with Gasteiger partial charge in [0, 0.05) is 39.1 Å². The van der Waals surface area contributed by atoms with E-state index >= 15 is 0 Å². The first kappa shape index (κ1) is 34.2. The van der Waals surface area contributed by atoms with Crippen molar-refractivity contribution < 1.29 is 38.4 Å². The molecule has 2 aliphatic rings. The number of amides is 2. The highest BCUT2D eigenvalue weighted by Crippen LogP contribution is 2.22. The maximum Gasteiger partial charge on any atom is 0.317 e. The molecule has 38 heavy (non-hydrogen) atoms. The number of aliphatic hydroxyl groups excluding tert-OH is 1. The molecular weight excluding hydrogens is 541 g/mol. The fraction of sp³-hybridized carbons (Fsp3) is 0.680. The number of morpholine rings is 1. The van der Waals surface area contributed by atoms with Crippen LogP contribution in [-0.2, 0) is 30.2 Å². The highest BCUT2D eigenvalue weighted by molar-refractivity contribution is 5.85. The minimum absolute atomic E-state index is 0. The molecule has 1 aromatic carbocycles. The molecule has 2 atom stereocenters. The van der Waals surface area contributed by atoms with E-state index in [0.717, 1.165) is 5.56 Å². The fourth-order valence-electron chi connectivity index (χ4n) is 3.76. The largest absolute Gasteiger partial charge is 0.491 e. The lowest BCUT2D eigenvalue weighted by Gasteiger charge is -2.27. The molecule has 0 radical (unpaired) electrons. The molecule has 2 heterocycles. The standard InChI is InChI=1S/C25H39N3O8.2ClH/c1-25(2)35-18-22(36-25)17-34-23(30)8-5-19-3-6-21(7-4-19)33-16-20(29)15-26-9-10-27-24(31)28-11-13-32-14-12-28;;/h3-4,6-7,20,22,26,29H,5,8-18H2,1-2H3,(H,27,31);2*1H/t20-,22+;;/m0../s1. The molecular formula is C25H41Cl2N3O8. The lowest BCUT2D eigenvalue weighted by atomic mass is 10.1. The van der Waals surface area contributed by atoms with E-state index in [0.29, 0.717) is 64.7 Å². The summed E-state index contributed by atoms with van der Waals surface area (Å²) >= 11 is 0. The zero-order valence-corrected chi connectivity index (χ0v) is 23.7. The van der Waals surface area contributed by atoms with Crippen molar-refractivity contribution in [3.05, 3.63) is 29.8 Å². The van der Waals surface area contributed by atoms with Crippen LogP contribution in [0.3, 0.4) is 0 Å². The summed E-state index contributed by atoms with van der Waals surface area (Å²) in [6.45, 7) is 8.13. The maximum absolute atomic E-state index is 12.0. The third-order valence-electron chi connectivity index (χ3n) is 5.74. The van der Waals surface area contributed by atoms with Gasteiger partial charge in [-0.3, -0.25) is 4.79 Å². The first-order chi connectivity index (χ1) is 17.3. The first-order valence-electron chi connectivity index (χ1n) is 12.5. The molecule has 218 valence electrons. The number of carbonyl (C=O) groups is 2. The van der Waals surface area contributed by atoms with E-state index < -0.39 is 11.9 Å². The van der Waals surface area contributed by atoms with Gasteiger partial charge in [-0.1, -0.05) is 12.1 Å². The van der Waals surface area contributed by atoms with E-state index in [4.69, 9.17) is 23.7 Å². The summed E-state index contributed by atoms with van der Waals surface area (Å²) < 4.78 is 27.2. The molecule has 3 N–H and O–H groups in total. The number of rotatable bonds is 13. The van der Waals surface area contributed by atoms with Gasteiger partial charge in [-0.05, 0) is 38.0 Å². The van der Waals surface area contributed by atoms with Gasteiger partial charge in [-0.15, -0.1) is 24.8 Å². The Morgan fingerprint density at radius 2 is 1.87 bits per heavy atom. The van der Waals surface area contributed by atoms with Crippen LogP contribution in [0, 0.1) is 0 Å². The lowest BCUT2D eigenvalue weighted by molar-refractivity contribution is -0.158. The topological polar surface area (TPSA) is 128 Å². The van der Waals surface area contributed by atoms with Crippen LogP contribution >= 0.6 is 24.8 Å². The normalized spacial score (nSPS) is 19.0. The molecule has 0 spiro atoms. The van der Waals surface area contributed by atoms with Crippen LogP contribution in [-0.4, -0.2) is 106 Å². The summed E-state index contributed by atoms with van der Waals surface area (Å²) in [7, 11) is 0. The van der Waals surface area contributed by atoms with Gasteiger partial charge in [0.1, 0.15) is 31.2 Å². The zero-order chi connectivity index (χ0) is 25.8. The van der Waals surface area contributed by atoms with Gasteiger partial charge in [0.15, 0.2) is 5.79 Å². The predicted octanol–water partition coefficient (Wildman–Crippen LogP) is 1.53. The summed E-state index contributed by atoms with van der Waals surface area (Å²) in [6.07, 6.45) is -0.0863. The van der Waals surface area contributed by atoms with E-state index in [-0.39, 0.29) is 62.6 Å². The Bertz CT molecular complexity index is 825. The molecule has 0 saturated carbocycles. The molecule has 2 saturated heterocycles. The van der Waals surface area contributed by atoms with Crippen molar-refractivity contribution in [1.82, 2.24) is 15.5 Å². The molecule has 0 bridgehead atoms. The third kappa shape index (κ3) is 12.8. The van der Waals surface area contributed by atoms with E-state index in [9.17, 15) is 14.7 Å². The summed E-state index contributed by atoms with van der Waals surface area (Å²) in [4.78, 5) is 25.7. The van der Waals surface area contributed by atoms with Gasteiger partial charge in [0.2, 0.25) is 0 Å². The van der Waals surface area contributed by atoms with Crippen LogP contribution in [0.5, 0.6) is 5.75 Å². The average Bonchev–Trinajstić information content (AvgIpc) is 3.24. The Balaban J connectivity index is 0.00000361. The highest BCUT2D eigenvalue weighted by Gasteiger charge is 2.33. The quantitative estimate of drug-likeness (QED) is 0.234. The number of benzene rings is 1. The number of esters is 1. The van der Waals surface area contributed by atoms with Crippen molar-refractivity contribution in [2.45, 2.75) is 44.7 Å². The van der Waals surface area contributed by atoms with Gasteiger partial charge in [0.05, 0.1) is 19.8 Å². The SMILES string of the molecule is CC1(C)OC[C@@H](COC(=O)CCc2ccc(OC[C@@H](O)CNCCNC(=O)N3CCOCC3)cc2)O1.Cl.Cl. The number of halogens is 2. The maximum atomic E-state index is 12.0. The van der Waals surface area contributed by atoms with E-state index in [1.54, 1.807) is 4.90 Å². The van der Waals surface area contributed by atoms with Crippen LogP contribution < -0.4 is 15.4 Å². The van der Waals surface area contributed by atoms with E-state index in [1.165, 1.54) is 0 Å². The summed E-state index contributed by atoms with van der Waals surface area (Å²) in [5.74, 6) is -0.269. The van der Waals surface area contributed by atoms with Crippen molar-refractivity contribution in [2.75, 3.05) is 65.8 Å². The Kier molecular flexibility index (Phi) is 15.9. The second-order valence-corrected chi connectivity index (χ2v) is 9.28. The second-order valence-electron chi connectivity index (χ2n) is 9.28. The third-order valence-corrected chi connectivity index (χ3v) is 5.74. The number of carbonyl (C=O) groups excluding carboxylic acids is 2. The van der Waals surface area contributed by atoms with Gasteiger partial charge in [-0.2, -0.15) is 0 Å². The lowest BCUT2D eigenvalue weighted by Crippen LogP contribution is -2.47. The van der Waals surface area contributed by atoms with Crippen LogP contribution in [0.1, 0.15) is 25.8 Å². The van der Waals surface area contributed by atoms with Crippen LogP contribution in [0.25, 0.3) is 0 Å². The zero-order valence-electron chi connectivity index (χ0n) is 22.0. The number of hydrogen-bond acceptors (Lipinski definition) is 9. The molecule has 1 aromatic rings. The second kappa shape index (κ2) is 17.7. The molecule has 2 amide bonds. The minimum atomic E-state index is -0.686. The number of aryl methyl sites for hydroxylation is 1. The highest BCUT2D eigenvalue weighted by atomic mass is 35.5. The van der Waals surface area contributed by atoms with E-state index in [1.807, 2.05) is 38.1 Å². The number of urea groups is 1. The Hall–Kier alpha value is -1.86. The fourth-order valence-corrected chi connectivity index (χ4v) is 3.76. The number of aliphatic hydroxyl groups is 1. The predicted molar refractivity (Wildman–Crippen MR) is 145 cm³/mol. The number of hydrogen-bond donors (Lipinski definition) is 3. The molecule has 0 aliphatic carbocycles. The molecule has 13 heteroatoms. The molecule has 11 nitrogen and oxygen atoms in total. The summed E-state index contributed by atoms with van der Waals surface area (Å²) in [5, 5.41) is 16.1. The Morgan fingerprint density at radius 1 is 1.16 bits per heavy atom. The van der Waals surface area contributed by atoms with Gasteiger partial charge < -0.3 is 44.3 Å². The molecule has 0 aromatic heterocycles. The van der Waals surface area contributed by atoms with Crippen molar-refractivity contribution in [3.8, 4) is 5.75 Å². The van der Waals surface area contributed by atoms with Gasteiger partial charge in [-0.25, -0.2) is 4.79 Å². The first-order valence-corrected chi connectivity index (χ1v) is 12.5. The smallest absolute Gasteiger partial charge is 0.317 e. The summed E-state index contributed by atoms with van der Waals surface area (Å²) in [6, 6.07) is 7.31. The van der Waals surface area contributed by atoms with Crippen LogP contribution in [0.15, 0.2) is 24.3 Å². The monoisotopic (exact) mass is 581 g/mol. The molecule has 2 fully saturated rings. The van der Waals surface area contributed by atoms with Crippen LogP contribution in [0.4, 0.5) is 4.79 Å². The van der Waals surface area contributed by atoms with Crippen molar-refractivity contribution in [1.29, 1.82) is 0 Å².